The number of morpholine rings is 1. The fourth-order valence-electron chi connectivity index (χ4n) is 1.98. The number of carboxylic acid groups (broad SMARTS) is 1. The summed E-state index contributed by atoms with van der Waals surface area (Å²) in [5, 5.41) is 8.88. The van der Waals surface area contributed by atoms with Crippen LogP contribution in [0.4, 0.5) is 10.2 Å². The molecule has 2 heterocycles. The topological polar surface area (TPSA) is 62.7 Å². The maximum atomic E-state index is 14.0. The van der Waals surface area contributed by atoms with Gasteiger partial charge in [-0.1, -0.05) is 6.92 Å². The largest absolute Gasteiger partial charge is 0.478 e. The van der Waals surface area contributed by atoms with Crippen LogP contribution in [0.25, 0.3) is 0 Å². The van der Waals surface area contributed by atoms with E-state index in [9.17, 15) is 9.18 Å². The van der Waals surface area contributed by atoms with Gasteiger partial charge in [-0.25, -0.2) is 14.2 Å². The minimum atomic E-state index is -1.28. The van der Waals surface area contributed by atoms with E-state index in [4.69, 9.17) is 9.84 Å². The summed E-state index contributed by atoms with van der Waals surface area (Å²) in [4.78, 5) is 16.5. The second kappa shape index (κ2) is 5.30. The quantitative estimate of drug-likeness (QED) is 0.886. The Labute approximate surface area is 104 Å². The van der Waals surface area contributed by atoms with Crippen molar-refractivity contribution in [2.45, 2.75) is 19.4 Å². The number of nitrogens with zero attached hydrogens (tertiary/aromatic N) is 2. The summed E-state index contributed by atoms with van der Waals surface area (Å²) in [7, 11) is 0. The van der Waals surface area contributed by atoms with E-state index in [1.807, 2.05) is 6.92 Å². The molecule has 1 atom stereocenters. The number of pyridine rings is 1. The standard InChI is InChI=1S/C12H15FN2O3/c1-2-8-7-15(5-6-18-8)11-10(13)9(12(16)17)3-4-14-11/h3-4,8H,2,5-7H2,1H3,(H,16,17). The summed E-state index contributed by atoms with van der Waals surface area (Å²) in [6.07, 6.45) is 2.18. The van der Waals surface area contributed by atoms with E-state index >= 15 is 0 Å². The Bertz CT molecular complexity index is 453. The molecular formula is C12H15FN2O3. The molecule has 98 valence electrons. The number of aromatic nitrogens is 1. The van der Waals surface area contributed by atoms with Gasteiger partial charge in [-0.3, -0.25) is 0 Å². The van der Waals surface area contributed by atoms with E-state index in [1.54, 1.807) is 4.90 Å². The highest BCUT2D eigenvalue weighted by molar-refractivity contribution is 5.88. The van der Waals surface area contributed by atoms with E-state index < -0.39 is 11.8 Å². The summed E-state index contributed by atoms with van der Waals surface area (Å²) in [6, 6.07) is 1.17. The molecule has 6 heteroatoms. The Kier molecular flexibility index (Phi) is 3.76. The number of rotatable bonds is 3. The zero-order valence-corrected chi connectivity index (χ0v) is 10.1. The smallest absolute Gasteiger partial charge is 0.338 e. The van der Waals surface area contributed by atoms with Gasteiger partial charge in [0.1, 0.15) is 5.56 Å². The lowest BCUT2D eigenvalue weighted by atomic mass is 10.2. The third-order valence-corrected chi connectivity index (χ3v) is 2.99. The monoisotopic (exact) mass is 254 g/mol. The van der Waals surface area contributed by atoms with Gasteiger partial charge in [0.15, 0.2) is 11.6 Å². The third-order valence-electron chi connectivity index (χ3n) is 2.99. The molecule has 1 fully saturated rings. The number of hydrogen-bond acceptors (Lipinski definition) is 4. The van der Waals surface area contributed by atoms with Gasteiger partial charge < -0.3 is 14.7 Å². The Morgan fingerprint density at radius 1 is 1.72 bits per heavy atom. The van der Waals surface area contributed by atoms with Crippen molar-refractivity contribution in [3.63, 3.8) is 0 Å². The predicted molar refractivity (Wildman–Crippen MR) is 63.4 cm³/mol. The van der Waals surface area contributed by atoms with Gasteiger partial charge in [0.2, 0.25) is 0 Å². The van der Waals surface area contributed by atoms with Crippen molar-refractivity contribution < 1.29 is 19.0 Å². The molecule has 18 heavy (non-hydrogen) atoms. The molecule has 0 saturated carbocycles. The molecular weight excluding hydrogens is 239 g/mol. The minimum absolute atomic E-state index is 0.0356. The molecule has 1 unspecified atom stereocenters. The van der Waals surface area contributed by atoms with Crippen LogP contribution in [0.5, 0.6) is 0 Å². The fourth-order valence-corrected chi connectivity index (χ4v) is 1.98. The molecule has 0 aliphatic carbocycles. The van der Waals surface area contributed by atoms with Crippen molar-refractivity contribution in [2.75, 3.05) is 24.6 Å². The van der Waals surface area contributed by atoms with Crippen LogP contribution in [0.3, 0.4) is 0 Å². The van der Waals surface area contributed by atoms with Crippen molar-refractivity contribution in [3.05, 3.63) is 23.6 Å². The highest BCUT2D eigenvalue weighted by Gasteiger charge is 2.24. The fraction of sp³-hybridized carbons (Fsp3) is 0.500. The summed E-state index contributed by atoms with van der Waals surface area (Å²) in [6.45, 7) is 3.54. The van der Waals surface area contributed by atoms with Crippen LogP contribution in [-0.4, -0.2) is 41.9 Å². The van der Waals surface area contributed by atoms with Gasteiger partial charge in [0.25, 0.3) is 0 Å². The van der Waals surface area contributed by atoms with E-state index in [0.29, 0.717) is 19.7 Å². The van der Waals surface area contributed by atoms with Crippen LogP contribution in [0.2, 0.25) is 0 Å². The van der Waals surface area contributed by atoms with Crippen LogP contribution in [0, 0.1) is 5.82 Å². The lowest BCUT2D eigenvalue weighted by molar-refractivity contribution is 0.0379. The highest BCUT2D eigenvalue weighted by atomic mass is 19.1. The number of halogens is 1. The van der Waals surface area contributed by atoms with Gasteiger partial charge in [0.05, 0.1) is 12.7 Å². The summed E-state index contributed by atoms with van der Waals surface area (Å²) in [5.41, 5.74) is -0.348. The molecule has 1 aliphatic heterocycles. The number of aromatic carboxylic acids is 1. The highest BCUT2D eigenvalue weighted by Crippen LogP contribution is 2.22. The molecule has 1 N–H and O–H groups in total. The van der Waals surface area contributed by atoms with Crippen molar-refractivity contribution in [1.29, 1.82) is 0 Å². The van der Waals surface area contributed by atoms with Crippen molar-refractivity contribution in [2.24, 2.45) is 0 Å². The first-order chi connectivity index (χ1) is 8.63. The number of ether oxygens (including phenoxy) is 1. The van der Waals surface area contributed by atoms with Crippen LogP contribution >= 0.6 is 0 Å². The van der Waals surface area contributed by atoms with Gasteiger partial charge in [-0.2, -0.15) is 0 Å². The zero-order valence-electron chi connectivity index (χ0n) is 10.1. The number of carbonyl (C=O) groups is 1. The normalized spacial score (nSPS) is 19.9. The van der Waals surface area contributed by atoms with E-state index in [0.717, 1.165) is 6.42 Å². The summed E-state index contributed by atoms with van der Waals surface area (Å²) < 4.78 is 19.5. The Morgan fingerprint density at radius 3 is 3.17 bits per heavy atom. The molecule has 0 amide bonds. The Morgan fingerprint density at radius 2 is 2.50 bits per heavy atom. The molecule has 5 nitrogen and oxygen atoms in total. The maximum Gasteiger partial charge on any atom is 0.338 e. The number of anilines is 1. The van der Waals surface area contributed by atoms with Crippen LogP contribution in [-0.2, 0) is 4.74 Å². The first-order valence-corrected chi connectivity index (χ1v) is 5.87. The molecule has 2 rings (SSSR count). The molecule has 0 spiro atoms. The first-order valence-electron chi connectivity index (χ1n) is 5.87. The van der Waals surface area contributed by atoms with Crippen molar-refractivity contribution in [3.8, 4) is 0 Å². The van der Waals surface area contributed by atoms with Crippen LogP contribution in [0.15, 0.2) is 12.3 Å². The molecule has 1 aliphatic rings. The molecule has 0 bridgehead atoms. The number of carboxylic acids is 1. The lowest BCUT2D eigenvalue weighted by Gasteiger charge is -2.33. The van der Waals surface area contributed by atoms with E-state index in [1.165, 1.54) is 12.3 Å². The van der Waals surface area contributed by atoms with Crippen LogP contribution in [0.1, 0.15) is 23.7 Å². The second-order valence-corrected chi connectivity index (χ2v) is 4.15. The van der Waals surface area contributed by atoms with Gasteiger partial charge in [-0.15, -0.1) is 0 Å². The Balaban J connectivity index is 2.27. The molecule has 0 radical (unpaired) electrons. The van der Waals surface area contributed by atoms with Crippen molar-refractivity contribution in [1.82, 2.24) is 4.98 Å². The molecule has 1 aromatic heterocycles. The minimum Gasteiger partial charge on any atom is -0.478 e. The van der Waals surface area contributed by atoms with E-state index in [-0.39, 0.29) is 17.5 Å². The molecule has 1 aromatic rings. The van der Waals surface area contributed by atoms with E-state index in [2.05, 4.69) is 4.98 Å². The molecule has 1 saturated heterocycles. The average molecular weight is 254 g/mol. The Hall–Kier alpha value is -1.69. The van der Waals surface area contributed by atoms with Crippen LogP contribution < -0.4 is 4.90 Å². The second-order valence-electron chi connectivity index (χ2n) is 4.15. The van der Waals surface area contributed by atoms with Gasteiger partial charge in [-0.05, 0) is 12.5 Å². The third kappa shape index (κ3) is 2.43. The van der Waals surface area contributed by atoms with Gasteiger partial charge >= 0.3 is 5.97 Å². The average Bonchev–Trinajstić information content (AvgIpc) is 2.38. The maximum absolute atomic E-state index is 14.0. The zero-order chi connectivity index (χ0) is 13.1. The predicted octanol–water partition coefficient (Wildman–Crippen LogP) is 1.53. The van der Waals surface area contributed by atoms with Crippen molar-refractivity contribution >= 4 is 11.8 Å². The summed E-state index contributed by atoms with van der Waals surface area (Å²) in [5.74, 6) is -1.96. The SMILES string of the molecule is CCC1CN(c2nccc(C(=O)O)c2F)CCO1. The first kappa shape index (κ1) is 12.8. The number of hydrogen-bond donors (Lipinski definition) is 1. The summed E-state index contributed by atoms with van der Waals surface area (Å²) >= 11 is 0. The molecule has 0 aromatic carbocycles. The lowest BCUT2D eigenvalue weighted by Crippen LogP contribution is -2.43. The van der Waals surface area contributed by atoms with Gasteiger partial charge in [0, 0.05) is 19.3 Å².